The van der Waals surface area contributed by atoms with Crippen LogP contribution in [0.4, 0.5) is 5.00 Å². The maximum absolute atomic E-state index is 13.3. The predicted molar refractivity (Wildman–Crippen MR) is 132 cm³/mol. The number of halogens is 1. The highest BCUT2D eigenvalue weighted by Gasteiger charge is 2.24. The van der Waals surface area contributed by atoms with Crippen molar-refractivity contribution in [3.05, 3.63) is 82.4 Å². The fourth-order valence-corrected chi connectivity index (χ4v) is 4.67. The van der Waals surface area contributed by atoms with Crippen LogP contribution in [0.3, 0.4) is 0 Å². The van der Waals surface area contributed by atoms with Crippen LogP contribution in [0.15, 0.2) is 60.0 Å². The van der Waals surface area contributed by atoms with E-state index in [1.54, 1.807) is 6.92 Å². The van der Waals surface area contributed by atoms with E-state index in [1.165, 1.54) is 11.3 Å². The zero-order valence-electron chi connectivity index (χ0n) is 18.0. The average molecular weight is 467 g/mol. The summed E-state index contributed by atoms with van der Waals surface area (Å²) in [5, 5.41) is 6.21. The Morgan fingerprint density at radius 3 is 2.41 bits per heavy atom. The maximum Gasteiger partial charge on any atom is 0.341 e. The zero-order valence-corrected chi connectivity index (χ0v) is 19.6. The lowest BCUT2D eigenvalue weighted by atomic mass is 10.0. The van der Waals surface area contributed by atoms with Crippen LogP contribution in [0.25, 0.3) is 22.0 Å². The molecule has 4 aromatic rings. The van der Waals surface area contributed by atoms with Crippen LogP contribution in [-0.4, -0.2) is 23.5 Å². The fourth-order valence-electron chi connectivity index (χ4n) is 3.72. The number of nitrogens with zero attached hydrogens (tertiary/aromatic N) is 1. The van der Waals surface area contributed by atoms with Crippen molar-refractivity contribution in [2.45, 2.75) is 20.8 Å². The van der Waals surface area contributed by atoms with E-state index in [9.17, 15) is 9.59 Å². The van der Waals surface area contributed by atoms with E-state index in [2.05, 4.69) is 10.3 Å². The number of esters is 1. The molecule has 0 saturated carbocycles. The third-order valence-electron chi connectivity index (χ3n) is 5.14. The van der Waals surface area contributed by atoms with Gasteiger partial charge in [0.05, 0.1) is 23.4 Å². The van der Waals surface area contributed by atoms with Crippen molar-refractivity contribution in [2.24, 2.45) is 0 Å². The van der Waals surface area contributed by atoms with Gasteiger partial charge in [0.15, 0.2) is 0 Å². The van der Waals surface area contributed by atoms with E-state index < -0.39 is 5.97 Å². The molecule has 0 aliphatic rings. The molecule has 0 aliphatic carbocycles. The Morgan fingerprint density at radius 1 is 1.00 bits per heavy atom. The summed E-state index contributed by atoms with van der Waals surface area (Å²) in [5.41, 5.74) is 4.87. The smallest absolute Gasteiger partial charge is 0.341 e. The molecule has 2 aromatic heterocycles. The number of carbonyl (C=O) groups excluding carboxylic acids is 2. The summed E-state index contributed by atoms with van der Waals surface area (Å²) in [5.74, 6) is -0.747. The van der Waals surface area contributed by atoms with Gasteiger partial charge >= 0.3 is 5.97 Å². The van der Waals surface area contributed by atoms with Crippen molar-refractivity contribution in [1.82, 2.24) is 4.98 Å². The molecule has 32 heavy (non-hydrogen) atoms. The Labute approximate surface area is 196 Å². The molecule has 1 N–H and O–H groups in total. The molecule has 0 saturated heterocycles. The van der Waals surface area contributed by atoms with E-state index in [0.717, 1.165) is 27.6 Å². The largest absolute Gasteiger partial charge is 0.462 e. The van der Waals surface area contributed by atoms with Crippen LogP contribution in [0, 0.1) is 13.8 Å². The number of hydrogen-bond donors (Lipinski definition) is 1. The summed E-state index contributed by atoms with van der Waals surface area (Å²) in [6.07, 6.45) is 0. The maximum atomic E-state index is 13.3. The monoisotopic (exact) mass is 466 g/mol. The Hall–Kier alpha value is -3.22. The summed E-state index contributed by atoms with van der Waals surface area (Å²) in [4.78, 5) is 30.6. The number of thiophene rings is 1. The fraction of sp³-hybridized carbons (Fsp3) is 0.160. The second-order valence-electron chi connectivity index (χ2n) is 7.11. The van der Waals surface area contributed by atoms with E-state index >= 15 is 0 Å². The van der Waals surface area contributed by atoms with Crippen molar-refractivity contribution in [3.63, 3.8) is 0 Å². The molecule has 164 valence electrons. The third-order valence-corrected chi connectivity index (χ3v) is 6.04. The molecule has 0 spiro atoms. The molecule has 0 aliphatic heterocycles. The number of aromatic nitrogens is 1. The van der Waals surface area contributed by atoms with Crippen LogP contribution >= 0.6 is 23.7 Å². The van der Waals surface area contributed by atoms with Crippen LogP contribution in [0.2, 0.25) is 0 Å². The molecule has 0 bridgehead atoms. The van der Waals surface area contributed by atoms with Gasteiger partial charge in [-0.15, -0.1) is 23.7 Å². The highest BCUT2D eigenvalue weighted by molar-refractivity contribution is 7.15. The highest BCUT2D eigenvalue weighted by atomic mass is 35.5. The number of anilines is 1. The van der Waals surface area contributed by atoms with Gasteiger partial charge in [0.1, 0.15) is 10.6 Å². The molecular weight excluding hydrogens is 444 g/mol. The minimum absolute atomic E-state index is 0. The van der Waals surface area contributed by atoms with Gasteiger partial charge in [-0.2, -0.15) is 0 Å². The molecule has 2 heterocycles. The summed E-state index contributed by atoms with van der Waals surface area (Å²) < 4.78 is 5.29. The van der Waals surface area contributed by atoms with Crippen molar-refractivity contribution in [3.8, 4) is 11.1 Å². The molecule has 7 heteroatoms. The minimum atomic E-state index is -0.456. The lowest BCUT2D eigenvalue weighted by Crippen LogP contribution is -2.18. The number of rotatable bonds is 5. The van der Waals surface area contributed by atoms with E-state index in [0.29, 0.717) is 21.8 Å². The first kappa shape index (κ1) is 23.4. The molecular formula is C25H23ClN2O3S. The number of carbonyl (C=O) groups is 2. The van der Waals surface area contributed by atoms with Gasteiger partial charge < -0.3 is 10.1 Å². The first-order valence-electron chi connectivity index (χ1n) is 10.0. The number of hydrogen-bond acceptors (Lipinski definition) is 5. The topological polar surface area (TPSA) is 68.3 Å². The molecule has 0 atom stereocenters. The van der Waals surface area contributed by atoms with Gasteiger partial charge in [0.2, 0.25) is 0 Å². The predicted octanol–water partition coefficient (Wildman–Crippen LogP) is 6.43. The first-order chi connectivity index (χ1) is 15.0. The number of aryl methyl sites for hydroxylation is 2. The van der Waals surface area contributed by atoms with Gasteiger partial charge in [-0.1, -0.05) is 48.5 Å². The van der Waals surface area contributed by atoms with Gasteiger partial charge in [0.25, 0.3) is 5.91 Å². The van der Waals surface area contributed by atoms with E-state index in [1.807, 2.05) is 73.8 Å². The van der Waals surface area contributed by atoms with Gasteiger partial charge in [-0.25, -0.2) is 4.79 Å². The average Bonchev–Trinajstić information content (AvgIpc) is 3.18. The van der Waals surface area contributed by atoms with Gasteiger partial charge in [-0.05, 0) is 38.0 Å². The Balaban J connectivity index is 0.00000289. The number of ether oxygens (including phenoxy) is 1. The minimum Gasteiger partial charge on any atom is -0.462 e. The van der Waals surface area contributed by atoms with Crippen LogP contribution in [0.5, 0.6) is 0 Å². The van der Waals surface area contributed by atoms with Crippen molar-refractivity contribution >= 4 is 51.5 Å². The molecule has 4 rings (SSSR count). The van der Waals surface area contributed by atoms with E-state index in [-0.39, 0.29) is 24.9 Å². The highest BCUT2D eigenvalue weighted by Crippen LogP contribution is 2.37. The van der Waals surface area contributed by atoms with E-state index in [4.69, 9.17) is 4.74 Å². The lowest BCUT2D eigenvalue weighted by molar-refractivity contribution is 0.0529. The Kier molecular flexibility index (Phi) is 7.28. The van der Waals surface area contributed by atoms with Gasteiger partial charge in [-0.3, -0.25) is 9.78 Å². The number of nitrogens with one attached hydrogen (secondary N) is 1. The number of pyridine rings is 1. The van der Waals surface area contributed by atoms with Crippen molar-refractivity contribution < 1.29 is 14.3 Å². The van der Waals surface area contributed by atoms with Crippen molar-refractivity contribution in [2.75, 3.05) is 11.9 Å². The number of fused-ring (bicyclic) bond motifs is 1. The quantitative estimate of drug-likeness (QED) is 0.344. The molecule has 5 nitrogen and oxygen atoms in total. The molecule has 0 radical (unpaired) electrons. The van der Waals surface area contributed by atoms with Crippen LogP contribution in [0.1, 0.15) is 38.9 Å². The molecule has 1 amide bonds. The third kappa shape index (κ3) is 4.38. The molecule has 0 unspecified atom stereocenters. The number of para-hydroxylation sites is 1. The Morgan fingerprint density at radius 2 is 1.69 bits per heavy atom. The summed E-state index contributed by atoms with van der Waals surface area (Å²) in [6.45, 7) is 5.76. The second-order valence-corrected chi connectivity index (χ2v) is 7.99. The standard InChI is InChI=1S/C25H22N2O3S.ClH/c1-4-30-25(29)22-19(17-10-6-5-7-11-17)14-31-24(22)27-23(28)21-15(2)18-12-8-9-13-20(18)26-16(21)3;/h5-14H,4H2,1-3H3,(H,27,28);1H. The number of amides is 1. The van der Waals surface area contributed by atoms with Crippen molar-refractivity contribution in [1.29, 1.82) is 0 Å². The summed E-state index contributed by atoms with van der Waals surface area (Å²) in [7, 11) is 0. The summed E-state index contributed by atoms with van der Waals surface area (Å²) >= 11 is 1.31. The summed E-state index contributed by atoms with van der Waals surface area (Å²) in [6, 6.07) is 17.3. The van der Waals surface area contributed by atoms with Crippen LogP contribution in [-0.2, 0) is 4.74 Å². The first-order valence-corrected chi connectivity index (χ1v) is 10.9. The lowest BCUT2D eigenvalue weighted by Gasteiger charge is -2.13. The molecule has 0 fully saturated rings. The van der Waals surface area contributed by atoms with Crippen LogP contribution < -0.4 is 5.32 Å². The number of benzene rings is 2. The SMILES string of the molecule is CCOC(=O)c1c(-c2ccccc2)csc1NC(=O)c1c(C)nc2ccccc2c1C.Cl. The molecule has 2 aromatic carbocycles. The zero-order chi connectivity index (χ0) is 22.0. The normalized spacial score (nSPS) is 10.5. The Bertz CT molecular complexity index is 1290. The van der Waals surface area contributed by atoms with Gasteiger partial charge in [0, 0.05) is 16.3 Å². The second kappa shape index (κ2) is 9.94.